The van der Waals surface area contributed by atoms with Crippen molar-refractivity contribution in [2.24, 2.45) is 0 Å². The smallest absolute Gasteiger partial charge is 0.227 e. The van der Waals surface area contributed by atoms with E-state index >= 15 is 0 Å². The molecule has 1 aliphatic heterocycles. The first-order chi connectivity index (χ1) is 13.6. The van der Waals surface area contributed by atoms with Crippen LogP contribution in [0.25, 0.3) is 0 Å². The molecule has 2 fully saturated rings. The lowest BCUT2D eigenvalue weighted by molar-refractivity contribution is -0.104. The minimum absolute atomic E-state index is 0.0709. The van der Waals surface area contributed by atoms with Gasteiger partial charge in [-0.1, -0.05) is 25.3 Å². The lowest BCUT2D eigenvalue weighted by Gasteiger charge is -2.46. The molecule has 2 aromatic rings. The van der Waals surface area contributed by atoms with Crippen molar-refractivity contribution in [3.05, 3.63) is 58.3 Å². The Labute approximate surface area is 175 Å². The highest BCUT2D eigenvalue weighted by atomic mass is 79.9. The monoisotopic (exact) mass is 446 g/mol. The van der Waals surface area contributed by atoms with Gasteiger partial charge in [0.1, 0.15) is 0 Å². The first-order valence-corrected chi connectivity index (χ1v) is 11.3. The maximum atomic E-state index is 13.3. The molecule has 2 aliphatic rings. The molecule has 5 heteroatoms. The fourth-order valence-corrected chi connectivity index (χ4v) is 5.58. The second kappa shape index (κ2) is 8.58. The van der Waals surface area contributed by atoms with Crippen LogP contribution in [0.5, 0.6) is 0 Å². The quantitative estimate of drug-likeness (QED) is 0.394. The lowest BCUT2D eigenvalue weighted by atomic mass is 9.67. The molecular weight excluding hydrogens is 419 g/mol. The Balaban J connectivity index is 1.45. The number of hydrogen-bond acceptors (Lipinski definition) is 3. The van der Waals surface area contributed by atoms with Crippen molar-refractivity contribution in [3.8, 4) is 0 Å². The van der Waals surface area contributed by atoms with Gasteiger partial charge in [0.05, 0.1) is 10.1 Å². The molecule has 1 spiro atoms. The molecular formula is C23H28BrFN2O. The highest BCUT2D eigenvalue weighted by Crippen LogP contribution is 2.50. The zero-order valence-electron chi connectivity index (χ0n) is 16.3. The highest BCUT2D eigenvalue weighted by Gasteiger charge is 2.48. The molecule has 4 rings (SSSR count). The van der Waals surface area contributed by atoms with Gasteiger partial charge in [-0.05, 0) is 84.6 Å². The second-order valence-electron chi connectivity index (χ2n) is 8.48. The predicted octanol–water partition coefficient (Wildman–Crippen LogP) is 6.15. The Bertz CT molecular complexity index is 794. The fraction of sp³-hybridized carbons (Fsp3) is 0.565. The van der Waals surface area contributed by atoms with E-state index in [1.807, 2.05) is 18.3 Å². The average Bonchev–Trinajstić information content (AvgIpc) is 3.16. The van der Waals surface area contributed by atoms with Crippen molar-refractivity contribution in [1.82, 2.24) is 9.97 Å². The third-order valence-electron chi connectivity index (χ3n) is 6.60. The van der Waals surface area contributed by atoms with Crippen molar-refractivity contribution in [3.63, 3.8) is 0 Å². The van der Waals surface area contributed by atoms with Gasteiger partial charge in [0.25, 0.3) is 0 Å². The SMILES string of the molecule is Fc1ncc(CCCCC2(c3ccccn3)CCOC3(CCCC3)C2)cc1Br. The zero-order chi connectivity index (χ0) is 19.5. The van der Waals surface area contributed by atoms with Crippen molar-refractivity contribution in [2.75, 3.05) is 6.61 Å². The Morgan fingerprint density at radius 3 is 2.71 bits per heavy atom. The first-order valence-electron chi connectivity index (χ1n) is 10.5. The molecule has 1 atom stereocenters. The predicted molar refractivity (Wildman–Crippen MR) is 112 cm³/mol. The highest BCUT2D eigenvalue weighted by molar-refractivity contribution is 9.10. The summed E-state index contributed by atoms with van der Waals surface area (Å²) in [7, 11) is 0. The van der Waals surface area contributed by atoms with Crippen LogP contribution in [0, 0.1) is 5.95 Å². The van der Waals surface area contributed by atoms with Gasteiger partial charge in [-0.2, -0.15) is 4.39 Å². The normalized spacial score (nSPS) is 23.9. The van der Waals surface area contributed by atoms with Crippen LogP contribution in [0.15, 0.2) is 41.1 Å². The van der Waals surface area contributed by atoms with E-state index in [9.17, 15) is 4.39 Å². The first kappa shape index (κ1) is 20.0. The summed E-state index contributed by atoms with van der Waals surface area (Å²) in [5.41, 5.74) is 2.50. The van der Waals surface area contributed by atoms with Crippen LogP contribution in [-0.2, 0) is 16.6 Å². The summed E-state index contributed by atoms with van der Waals surface area (Å²) in [4.78, 5) is 8.59. The maximum Gasteiger partial charge on any atom is 0.227 e. The van der Waals surface area contributed by atoms with E-state index in [-0.39, 0.29) is 11.0 Å². The van der Waals surface area contributed by atoms with Gasteiger partial charge < -0.3 is 4.74 Å². The van der Waals surface area contributed by atoms with Crippen LogP contribution in [-0.4, -0.2) is 22.2 Å². The van der Waals surface area contributed by atoms with E-state index in [4.69, 9.17) is 9.72 Å². The Hall–Kier alpha value is -1.33. The molecule has 28 heavy (non-hydrogen) atoms. The van der Waals surface area contributed by atoms with Crippen molar-refractivity contribution in [2.45, 2.75) is 75.2 Å². The molecule has 0 aromatic carbocycles. The van der Waals surface area contributed by atoms with Gasteiger partial charge in [0.2, 0.25) is 5.95 Å². The van der Waals surface area contributed by atoms with Gasteiger partial charge in [0.15, 0.2) is 0 Å². The average molecular weight is 447 g/mol. The molecule has 1 unspecified atom stereocenters. The summed E-state index contributed by atoms with van der Waals surface area (Å²) in [5.74, 6) is -0.443. The minimum atomic E-state index is -0.443. The number of aromatic nitrogens is 2. The van der Waals surface area contributed by atoms with Crippen LogP contribution in [0.4, 0.5) is 4.39 Å². The molecule has 1 saturated heterocycles. The summed E-state index contributed by atoms with van der Waals surface area (Å²) in [6, 6.07) is 8.16. The molecule has 2 aromatic heterocycles. The van der Waals surface area contributed by atoms with Gasteiger partial charge in [-0.25, -0.2) is 4.98 Å². The third-order valence-corrected chi connectivity index (χ3v) is 7.15. The number of ether oxygens (including phenoxy) is 1. The van der Waals surface area contributed by atoms with Crippen molar-refractivity contribution >= 4 is 15.9 Å². The summed E-state index contributed by atoms with van der Waals surface area (Å²) in [5, 5.41) is 0. The largest absolute Gasteiger partial charge is 0.375 e. The van der Waals surface area contributed by atoms with Gasteiger partial charge >= 0.3 is 0 Å². The maximum absolute atomic E-state index is 13.3. The number of hydrogen-bond donors (Lipinski definition) is 0. The minimum Gasteiger partial charge on any atom is -0.375 e. The van der Waals surface area contributed by atoms with Gasteiger partial charge in [-0.15, -0.1) is 0 Å². The molecule has 0 amide bonds. The summed E-state index contributed by atoms with van der Waals surface area (Å²) < 4.78 is 20.1. The van der Waals surface area contributed by atoms with Gasteiger partial charge in [0, 0.05) is 30.1 Å². The van der Waals surface area contributed by atoms with E-state index in [1.54, 1.807) is 6.20 Å². The van der Waals surface area contributed by atoms with Gasteiger partial charge in [-0.3, -0.25) is 4.98 Å². The van der Waals surface area contributed by atoms with Crippen molar-refractivity contribution < 1.29 is 9.13 Å². The number of rotatable bonds is 6. The van der Waals surface area contributed by atoms with E-state index in [1.165, 1.54) is 31.4 Å². The van der Waals surface area contributed by atoms with Crippen LogP contribution in [0.2, 0.25) is 0 Å². The fourth-order valence-electron chi connectivity index (χ4n) is 5.19. The number of pyridine rings is 2. The molecule has 0 radical (unpaired) electrons. The molecule has 3 nitrogen and oxygen atoms in total. The standard InChI is InChI=1S/C23H28BrFN2O/c24-19-15-18(16-27-21(19)25)7-1-3-9-22(20-8-2-6-13-26-20)12-14-28-23(17-22)10-4-5-11-23/h2,6,8,13,15-16H,1,3-5,7,9-12,14,17H2. The molecule has 3 heterocycles. The Kier molecular flexibility index (Phi) is 6.12. The number of halogens is 2. The molecule has 0 bridgehead atoms. The summed E-state index contributed by atoms with van der Waals surface area (Å²) in [6.07, 6.45) is 14.9. The molecule has 0 N–H and O–H groups in total. The van der Waals surface area contributed by atoms with Crippen LogP contribution >= 0.6 is 15.9 Å². The molecule has 150 valence electrons. The molecule has 1 saturated carbocycles. The zero-order valence-corrected chi connectivity index (χ0v) is 17.9. The van der Waals surface area contributed by atoms with Crippen LogP contribution < -0.4 is 0 Å². The topological polar surface area (TPSA) is 35.0 Å². The van der Waals surface area contributed by atoms with Crippen LogP contribution in [0.3, 0.4) is 0 Å². The van der Waals surface area contributed by atoms with E-state index in [0.717, 1.165) is 50.7 Å². The van der Waals surface area contributed by atoms with Crippen LogP contribution in [0.1, 0.15) is 69.0 Å². The summed E-state index contributed by atoms with van der Waals surface area (Å²) in [6.45, 7) is 0.839. The number of nitrogens with zero attached hydrogens (tertiary/aromatic N) is 2. The Morgan fingerprint density at radius 2 is 1.96 bits per heavy atom. The lowest BCUT2D eigenvalue weighted by Crippen LogP contribution is -2.46. The summed E-state index contributed by atoms with van der Waals surface area (Å²) >= 11 is 3.23. The number of unbranched alkanes of at least 4 members (excludes halogenated alkanes) is 1. The van der Waals surface area contributed by atoms with E-state index < -0.39 is 5.95 Å². The second-order valence-corrected chi connectivity index (χ2v) is 9.34. The van der Waals surface area contributed by atoms with E-state index in [0.29, 0.717) is 4.47 Å². The molecule has 1 aliphatic carbocycles. The van der Waals surface area contributed by atoms with E-state index in [2.05, 4.69) is 33.0 Å². The Morgan fingerprint density at radius 1 is 1.11 bits per heavy atom. The number of aryl methyl sites for hydroxylation is 1. The van der Waals surface area contributed by atoms with Crippen molar-refractivity contribution in [1.29, 1.82) is 0 Å². The third kappa shape index (κ3) is 4.30.